The van der Waals surface area contributed by atoms with E-state index >= 15 is 0 Å². The van der Waals surface area contributed by atoms with Crippen LogP contribution in [0.4, 0.5) is 0 Å². The lowest BCUT2D eigenvalue weighted by atomic mass is 10.2. The first-order valence-corrected chi connectivity index (χ1v) is 10.1. The molecule has 6 heteroatoms. The van der Waals surface area contributed by atoms with Gasteiger partial charge in [0.05, 0.1) is 22.3 Å². The molecule has 0 amide bonds. The van der Waals surface area contributed by atoms with Crippen LogP contribution >= 0.6 is 11.3 Å². The highest BCUT2D eigenvalue weighted by molar-refractivity contribution is 7.18. The summed E-state index contributed by atoms with van der Waals surface area (Å²) in [4.78, 5) is 12.0. The molecule has 0 saturated carbocycles. The van der Waals surface area contributed by atoms with E-state index < -0.39 is 0 Å². The molecule has 0 N–H and O–H groups in total. The summed E-state index contributed by atoms with van der Waals surface area (Å²) < 4.78 is 6.86. The zero-order chi connectivity index (χ0) is 18.2. The van der Waals surface area contributed by atoms with Gasteiger partial charge in [-0.1, -0.05) is 47.6 Å². The Morgan fingerprint density at radius 3 is 2.74 bits per heavy atom. The second-order valence-electron chi connectivity index (χ2n) is 6.91. The van der Waals surface area contributed by atoms with Crippen molar-refractivity contribution in [2.24, 2.45) is 0 Å². The van der Waals surface area contributed by atoms with Gasteiger partial charge in [-0.25, -0.2) is 4.98 Å². The van der Waals surface area contributed by atoms with Crippen LogP contribution in [0.5, 0.6) is 0 Å². The maximum atomic E-state index is 5.62. The minimum atomic E-state index is 0.0643. The second kappa shape index (κ2) is 6.87. The van der Waals surface area contributed by atoms with Gasteiger partial charge in [-0.05, 0) is 38.4 Å². The Bertz CT molecular complexity index is 1030. The summed E-state index contributed by atoms with van der Waals surface area (Å²) in [6.07, 6.45) is 2.27. The highest BCUT2D eigenvalue weighted by atomic mass is 32.1. The summed E-state index contributed by atoms with van der Waals surface area (Å²) in [6.45, 7) is 3.17. The number of likely N-dealkylation sites (tertiary alicyclic amines) is 1. The lowest BCUT2D eigenvalue weighted by molar-refractivity contribution is 0.159. The standard InChI is InChI=1S/C21H20N4OS/c1-14(20-23-19(24-26-20)15-8-3-2-4-9-15)25-13-7-11-17(25)21-22-16-10-5-6-12-18(16)27-21/h2-6,8-10,12,14,17H,7,11,13H2,1H3. The molecule has 1 aliphatic rings. The average Bonchev–Trinajstić information content (AvgIpc) is 3.46. The van der Waals surface area contributed by atoms with Crippen molar-refractivity contribution in [3.63, 3.8) is 0 Å². The molecular formula is C21H20N4OS. The van der Waals surface area contributed by atoms with E-state index in [0.717, 1.165) is 30.5 Å². The Morgan fingerprint density at radius 1 is 1.07 bits per heavy atom. The number of para-hydroxylation sites is 1. The predicted molar refractivity (Wildman–Crippen MR) is 106 cm³/mol. The first-order chi connectivity index (χ1) is 13.3. The zero-order valence-electron chi connectivity index (χ0n) is 15.1. The van der Waals surface area contributed by atoms with Gasteiger partial charge in [0.15, 0.2) is 0 Å². The Hall–Kier alpha value is -2.57. The summed E-state index contributed by atoms with van der Waals surface area (Å²) in [5.74, 6) is 1.31. The molecule has 2 atom stereocenters. The Labute approximate surface area is 161 Å². The van der Waals surface area contributed by atoms with Crippen LogP contribution in [0.2, 0.25) is 0 Å². The SMILES string of the molecule is CC(c1nc(-c2ccccc2)no1)N1CCCC1c1nc2ccccc2s1. The molecule has 136 valence electrons. The number of thiazole rings is 1. The molecule has 2 aromatic carbocycles. The highest BCUT2D eigenvalue weighted by Gasteiger charge is 2.34. The minimum absolute atomic E-state index is 0.0643. The van der Waals surface area contributed by atoms with Crippen molar-refractivity contribution in [2.45, 2.75) is 31.8 Å². The molecule has 5 rings (SSSR count). The van der Waals surface area contributed by atoms with Crippen molar-refractivity contribution in [1.82, 2.24) is 20.0 Å². The van der Waals surface area contributed by atoms with Gasteiger partial charge in [0.25, 0.3) is 0 Å². The van der Waals surface area contributed by atoms with E-state index in [2.05, 4.69) is 40.2 Å². The molecule has 0 bridgehead atoms. The van der Waals surface area contributed by atoms with Gasteiger partial charge in [-0.3, -0.25) is 4.90 Å². The van der Waals surface area contributed by atoms with E-state index in [1.165, 1.54) is 9.71 Å². The maximum Gasteiger partial charge on any atom is 0.244 e. The van der Waals surface area contributed by atoms with Crippen LogP contribution in [0.15, 0.2) is 59.1 Å². The normalized spacial score (nSPS) is 18.9. The minimum Gasteiger partial charge on any atom is -0.337 e. The molecule has 27 heavy (non-hydrogen) atoms. The van der Waals surface area contributed by atoms with Crippen LogP contribution in [-0.2, 0) is 0 Å². The van der Waals surface area contributed by atoms with E-state index in [0.29, 0.717) is 17.8 Å². The third-order valence-corrected chi connectivity index (χ3v) is 6.36. The van der Waals surface area contributed by atoms with Crippen LogP contribution in [-0.4, -0.2) is 26.6 Å². The summed E-state index contributed by atoms with van der Waals surface area (Å²) in [5.41, 5.74) is 2.06. The number of aromatic nitrogens is 3. The first kappa shape index (κ1) is 16.6. The second-order valence-corrected chi connectivity index (χ2v) is 7.98. The van der Waals surface area contributed by atoms with Crippen LogP contribution in [0.25, 0.3) is 21.6 Å². The molecule has 1 fully saturated rings. The summed E-state index contributed by atoms with van der Waals surface area (Å²) in [5, 5.41) is 5.37. The summed E-state index contributed by atoms with van der Waals surface area (Å²) in [7, 11) is 0. The van der Waals surface area contributed by atoms with Gasteiger partial charge in [0.2, 0.25) is 11.7 Å². The molecule has 0 radical (unpaired) electrons. The van der Waals surface area contributed by atoms with Crippen LogP contribution < -0.4 is 0 Å². The molecule has 0 spiro atoms. The van der Waals surface area contributed by atoms with Gasteiger partial charge in [0, 0.05) is 5.56 Å². The lowest BCUT2D eigenvalue weighted by Gasteiger charge is -2.26. The Balaban J connectivity index is 1.42. The number of fused-ring (bicyclic) bond motifs is 1. The number of hydrogen-bond donors (Lipinski definition) is 0. The molecule has 5 nitrogen and oxygen atoms in total. The van der Waals surface area contributed by atoms with Gasteiger partial charge >= 0.3 is 0 Å². The molecule has 4 aromatic rings. The van der Waals surface area contributed by atoms with Crippen molar-refractivity contribution >= 4 is 21.6 Å². The molecular weight excluding hydrogens is 356 g/mol. The molecule has 2 aromatic heterocycles. The highest BCUT2D eigenvalue weighted by Crippen LogP contribution is 2.41. The van der Waals surface area contributed by atoms with Crippen molar-refractivity contribution in [3.05, 3.63) is 65.5 Å². The number of hydrogen-bond acceptors (Lipinski definition) is 6. The fourth-order valence-electron chi connectivity index (χ4n) is 3.80. The quantitative estimate of drug-likeness (QED) is 0.487. The number of rotatable bonds is 4. The monoisotopic (exact) mass is 376 g/mol. The van der Waals surface area contributed by atoms with E-state index in [1.54, 1.807) is 11.3 Å². The fourth-order valence-corrected chi connectivity index (χ4v) is 4.93. The van der Waals surface area contributed by atoms with Crippen molar-refractivity contribution in [3.8, 4) is 11.4 Å². The largest absolute Gasteiger partial charge is 0.337 e. The van der Waals surface area contributed by atoms with Crippen LogP contribution in [0.3, 0.4) is 0 Å². The molecule has 2 unspecified atom stereocenters. The van der Waals surface area contributed by atoms with E-state index in [9.17, 15) is 0 Å². The number of benzene rings is 2. The van der Waals surface area contributed by atoms with Crippen molar-refractivity contribution < 1.29 is 4.52 Å². The van der Waals surface area contributed by atoms with Gasteiger partial charge in [-0.15, -0.1) is 11.3 Å². The molecule has 0 aliphatic carbocycles. The predicted octanol–water partition coefficient (Wildman–Crippen LogP) is 5.24. The summed E-state index contributed by atoms with van der Waals surface area (Å²) in [6, 6.07) is 18.7. The lowest BCUT2D eigenvalue weighted by Crippen LogP contribution is -2.26. The smallest absolute Gasteiger partial charge is 0.244 e. The van der Waals surface area contributed by atoms with Crippen molar-refractivity contribution in [2.75, 3.05) is 6.54 Å². The van der Waals surface area contributed by atoms with Gasteiger partial charge in [0.1, 0.15) is 5.01 Å². The van der Waals surface area contributed by atoms with Crippen LogP contribution in [0.1, 0.15) is 42.7 Å². The Kier molecular flexibility index (Phi) is 4.22. The van der Waals surface area contributed by atoms with E-state index in [-0.39, 0.29) is 6.04 Å². The molecule has 3 heterocycles. The average molecular weight is 376 g/mol. The fraction of sp³-hybridized carbons (Fsp3) is 0.286. The molecule has 1 saturated heterocycles. The molecule has 1 aliphatic heterocycles. The van der Waals surface area contributed by atoms with Gasteiger partial charge in [-0.2, -0.15) is 4.98 Å². The van der Waals surface area contributed by atoms with Crippen LogP contribution in [0, 0.1) is 0 Å². The number of nitrogens with zero attached hydrogens (tertiary/aromatic N) is 4. The Morgan fingerprint density at radius 2 is 1.89 bits per heavy atom. The van der Waals surface area contributed by atoms with Gasteiger partial charge < -0.3 is 4.52 Å². The first-order valence-electron chi connectivity index (χ1n) is 9.30. The summed E-state index contributed by atoms with van der Waals surface area (Å²) >= 11 is 1.79. The zero-order valence-corrected chi connectivity index (χ0v) is 15.9. The topological polar surface area (TPSA) is 55.1 Å². The third-order valence-electron chi connectivity index (χ3n) is 5.22. The van der Waals surface area contributed by atoms with E-state index in [4.69, 9.17) is 9.51 Å². The maximum absolute atomic E-state index is 5.62. The van der Waals surface area contributed by atoms with Crippen molar-refractivity contribution in [1.29, 1.82) is 0 Å². The third kappa shape index (κ3) is 3.05. The van der Waals surface area contributed by atoms with E-state index in [1.807, 2.05) is 36.4 Å².